The SMILES string of the molecule is CCOC(=O)[C@H](CCc1ccccc1)N1C2CCCCC2C[C@@]1(C(=O)OCc1ccccc1)C(=O)C(C)N. The van der Waals surface area contributed by atoms with Crippen LogP contribution in [0.3, 0.4) is 0 Å². The summed E-state index contributed by atoms with van der Waals surface area (Å²) >= 11 is 0. The molecule has 4 rings (SSSR count). The predicted octanol–water partition coefficient (Wildman–Crippen LogP) is 4.21. The van der Waals surface area contributed by atoms with E-state index in [2.05, 4.69) is 0 Å². The molecule has 2 aliphatic rings. The zero-order valence-corrected chi connectivity index (χ0v) is 22.5. The molecule has 204 valence electrons. The summed E-state index contributed by atoms with van der Waals surface area (Å²) in [5, 5.41) is 0. The molecule has 38 heavy (non-hydrogen) atoms. The van der Waals surface area contributed by atoms with Gasteiger partial charge in [-0.3, -0.25) is 14.5 Å². The summed E-state index contributed by atoms with van der Waals surface area (Å²) in [7, 11) is 0. The van der Waals surface area contributed by atoms with Crippen LogP contribution in [-0.2, 0) is 36.9 Å². The number of hydrogen-bond donors (Lipinski definition) is 1. The van der Waals surface area contributed by atoms with E-state index in [1.54, 1.807) is 13.8 Å². The van der Waals surface area contributed by atoms with Gasteiger partial charge in [-0.05, 0) is 63.0 Å². The van der Waals surface area contributed by atoms with Crippen LogP contribution in [0.1, 0.15) is 63.5 Å². The van der Waals surface area contributed by atoms with Gasteiger partial charge in [-0.25, -0.2) is 4.79 Å². The molecular formula is C31H40N2O5. The number of fused-ring (bicyclic) bond motifs is 1. The highest BCUT2D eigenvalue weighted by atomic mass is 16.5. The molecule has 1 saturated heterocycles. The van der Waals surface area contributed by atoms with Crippen LogP contribution in [0.4, 0.5) is 0 Å². The second-order valence-electron chi connectivity index (χ2n) is 10.6. The first kappa shape index (κ1) is 28.0. The van der Waals surface area contributed by atoms with Gasteiger partial charge in [0.1, 0.15) is 12.6 Å². The smallest absolute Gasteiger partial charge is 0.334 e. The van der Waals surface area contributed by atoms with Crippen molar-refractivity contribution in [2.45, 2.75) is 89.1 Å². The van der Waals surface area contributed by atoms with Gasteiger partial charge in [0.25, 0.3) is 0 Å². The number of nitrogens with two attached hydrogens (primary N) is 1. The summed E-state index contributed by atoms with van der Waals surface area (Å²) in [6.45, 7) is 3.65. The van der Waals surface area contributed by atoms with Crippen molar-refractivity contribution in [1.82, 2.24) is 4.90 Å². The number of likely N-dealkylation sites (tertiary alicyclic amines) is 1. The molecule has 1 heterocycles. The Morgan fingerprint density at radius 3 is 2.24 bits per heavy atom. The molecule has 0 bridgehead atoms. The zero-order valence-electron chi connectivity index (χ0n) is 22.5. The number of nitrogens with zero attached hydrogens (tertiary/aromatic N) is 1. The molecule has 0 spiro atoms. The molecule has 0 amide bonds. The van der Waals surface area contributed by atoms with Crippen molar-refractivity contribution in [2.24, 2.45) is 11.7 Å². The first-order valence-corrected chi connectivity index (χ1v) is 13.9. The molecule has 0 aromatic heterocycles. The van der Waals surface area contributed by atoms with E-state index in [1.807, 2.05) is 65.6 Å². The Kier molecular flexibility index (Phi) is 9.34. The summed E-state index contributed by atoms with van der Waals surface area (Å²) < 4.78 is 11.4. The Bertz CT molecular complexity index is 1090. The first-order valence-electron chi connectivity index (χ1n) is 13.9. The maximum Gasteiger partial charge on any atom is 0.334 e. The van der Waals surface area contributed by atoms with E-state index in [0.717, 1.165) is 36.8 Å². The molecule has 2 aromatic rings. The minimum Gasteiger partial charge on any atom is -0.465 e. The Morgan fingerprint density at radius 1 is 0.974 bits per heavy atom. The molecule has 0 radical (unpaired) electrons. The first-order chi connectivity index (χ1) is 18.4. The van der Waals surface area contributed by atoms with E-state index < -0.39 is 29.6 Å². The highest BCUT2D eigenvalue weighted by Gasteiger charge is 2.64. The van der Waals surface area contributed by atoms with E-state index in [9.17, 15) is 14.4 Å². The molecule has 1 saturated carbocycles. The topological polar surface area (TPSA) is 98.9 Å². The van der Waals surface area contributed by atoms with Crippen LogP contribution in [0.5, 0.6) is 0 Å². The minimum absolute atomic E-state index is 0.0465. The van der Waals surface area contributed by atoms with Crippen LogP contribution >= 0.6 is 0 Å². The number of benzene rings is 2. The van der Waals surface area contributed by atoms with Crippen LogP contribution in [0.25, 0.3) is 0 Å². The second kappa shape index (κ2) is 12.7. The van der Waals surface area contributed by atoms with E-state index >= 15 is 0 Å². The number of hydrogen-bond acceptors (Lipinski definition) is 7. The van der Waals surface area contributed by atoms with Gasteiger partial charge in [0.15, 0.2) is 11.3 Å². The summed E-state index contributed by atoms with van der Waals surface area (Å²) in [5.41, 5.74) is 6.48. The van der Waals surface area contributed by atoms with E-state index in [1.165, 1.54) is 0 Å². The van der Waals surface area contributed by atoms with Crippen LogP contribution in [0, 0.1) is 5.92 Å². The molecule has 2 aromatic carbocycles. The Balaban J connectivity index is 1.75. The molecular weight excluding hydrogens is 480 g/mol. The number of carbonyl (C=O) groups excluding carboxylic acids is 3. The van der Waals surface area contributed by atoms with Crippen LogP contribution in [-0.4, -0.2) is 52.9 Å². The third-order valence-electron chi connectivity index (χ3n) is 8.04. The van der Waals surface area contributed by atoms with Crippen molar-refractivity contribution in [2.75, 3.05) is 6.61 Å². The number of aryl methyl sites for hydroxylation is 1. The van der Waals surface area contributed by atoms with Gasteiger partial charge in [-0.2, -0.15) is 0 Å². The number of ether oxygens (including phenoxy) is 2. The number of esters is 2. The lowest BCUT2D eigenvalue weighted by molar-refractivity contribution is -0.170. The Hall–Kier alpha value is -3.03. The van der Waals surface area contributed by atoms with Crippen LogP contribution in [0.15, 0.2) is 60.7 Å². The average Bonchev–Trinajstić information content (AvgIpc) is 3.28. The van der Waals surface area contributed by atoms with E-state index in [4.69, 9.17) is 15.2 Å². The molecule has 5 atom stereocenters. The lowest BCUT2D eigenvalue weighted by atomic mass is 9.80. The molecule has 1 aliphatic carbocycles. The number of ketones is 1. The number of carbonyl (C=O) groups is 3. The van der Waals surface area contributed by atoms with Gasteiger partial charge in [0.2, 0.25) is 0 Å². The van der Waals surface area contributed by atoms with Gasteiger partial charge in [0.05, 0.1) is 12.6 Å². The number of rotatable bonds is 11. The van der Waals surface area contributed by atoms with Crippen molar-refractivity contribution in [1.29, 1.82) is 0 Å². The predicted molar refractivity (Wildman–Crippen MR) is 145 cm³/mol. The maximum absolute atomic E-state index is 14.1. The Labute approximate surface area is 225 Å². The number of Topliss-reactive ketones (excluding diaryl/α,β-unsaturated/α-hetero) is 1. The Morgan fingerprint density at radius 2 is 1.61 bits per heavy atom. The lowest BCUT2D eigenvalue weighted by Crippen LogP contribution is -2.66. The normalized spacial score (nSPS) is 24.7. The van der Waals surface area contributed by atoms with Crippen LogP contribution < -0.4 is 5.73 Å². The zero-order chi connectivity index (χ0) is 27.1. The summed E-state index contributed by atoms with van der Waals surface area (Å²) in [4.78, 5) is 43.6. The quantitative estimate of drug-likeness (QED) is 0.350. The minimum atomic E-state index is -1.63. The molecule has 3 unspecified atom stereocenters. The largest absolute Gasteiger partial charge is 0.465 e. The third-order valence-corrected chi connectivity index (χ3v) is 8.04. The maximum atomic E-state index is 14.1. The molecule has 7 heteroatoms. The standard InChI is InChI=1S/C31H40N2O5/c1-3-37-29(35)27(19-18-23-12-6-4-7-13-23)33-26-17-11-10-16-25(26)20-31(33,28(34)22(2)32)30(36)38-21-24-14-8-5-9-15-24/h4-9,12-15,22,25-27H,3,10-11,16-21,32H2,1-2H3/t22?,25?,26?,27-,31-/m0/s1. The van der Waals surface area contributed by atoms with Gasteiger partial charge in [-0.1, -0.05) is 73.5 Å². The van der Waals surface area contributed by atoms with Crippen LogP contribution in [0.2, 0.25) is 0 Å². The highest BCUT2D eigenvalue weighted by molar-refractivity contribution is 6.11. The fourth-order valence-electron chi connectivity index (χ4n) is 6.35. The molecule has 2 N–H and O–H groups in total. The van der Waals surface area contributed by atoms with E-state index in [-0.39, 0.29) is 31.0 Å². The second-order valence-corrected chi connectivity index (χ2v) is 10.6. The fraction of sp³-hybridized carbons (Fsp3) is 0.516. The summed E-state index contributed by atoms with van der Waals surface area (Å²) in [5.74, 6) is -1.32. The monoisotopic (exact) mass is 520 g/mol. The van der Waals surface area contributed by atoms with Crippen molar-refractivity contribution in [3.8, 4) is 0 Å². The van der Waals surface area contributed by atoms with Gasteiger partial charge >= 0.3 is 11.9 Å². The third kappa shape index (κ3) is 5.84. The van der Waals surface area contributed by atoms with Crippen molar-refractivity contribution < 1.29 is 23.9 Å². The fourth-order valence-corrected chi connectivity index (χ4v) is 6.35. The van der Waals surface area contributed by atoms with Gasteiger partial charge in [0, 0.05) is 6.04 Å². The van der Waals surface area contributed by atoms with E-state index in [0.29, 0.717) is 19.3 Å². The molecule has 7 nitrogen and oxygen atoms in total. The highest BCUT2D eigenvalue weighted by Crippen LogP contribution is 2.48. The van der Waals surface area contributed by atoms with Gasteiger partial charge in [-0.15, -0.1) is 0 Å². The summed E-state index contributed by atoms with van der Waals surface area (Å²) in [6, 6.07) is 17.6. The van der Waals surface area contributed by atoms with Gasteiger partial charge < -0.3 is 15.2 Å². The average molecular weight is 521 g/mol. The van der Waals surface area contributed by atoms with Crippen molar-refractivity contribution in [3.05, 3.63) is 71.8 Å². The van der Waals surface area contributed by atoms with Crippen molar-refractivity contribution in [3.63, 3.8) is 0 Å². The molecule has 1 aliphatic heterocycles. The lowest BCUT2D eigenvalue weighted by Gasteiger charge is -2.43. The summed E-state index contributed by atoms with van der Waals surface area (Å²) in [6.07, 6.45) is 5.07. The van der Waals surface area contributed by atoms with Crippen molar-refractivity contribution >= 4 is 17.7 Å². The molecule has 2 fully saturated rings.